The monoisotopic (exact) mass is 436 g/mol. The number of hydrogen-bond donors (Lipinski definition) is 2. The second-order valence-corrected chi connectivity index (χ2v) is 9.22. The molecule has 5 nitrogen and oxygen atoms in total. The number of aromatic amines is 1. The minimum atomic E-state index is -0.107. The van der Waals surface area contributed by atoms with Gasteiger partial charge in [-0.3, -0.25) is 4.79 Å². The zero-order valence-corrected chi connectivity index (χ0v) is 17.9. The smallest absolute Gasteiger partial charge is 0.232 e. The molecule has 0 saturated heterocycles. The fourth-order valence-electron chi connectivity index (χ4n) is 3.28. The number of carbonyl (C=O) groups excluding carboxylic acids is 1. The summed E-state index contributed by atoms with van der Waals surface area (Å²) in [6, 6.07) is 12.2. The average Bonchev–Trinajstić information content (AvgIpc) is 3.47. The van der Waals surface area contributed by atoms with Gasteiger partial charge in [-0.25, -0.2) is 9.97 Å². The normalized spacial score (nSPS) is 11.2. The summed E-state index contributed by atoms with van der Waals surface area (Å²) in [4.78, 5) is 26.2. The van der Waals surface area contributed by atoms with Gasteiger partial charge in [0.15, 0.2) is 5.13 Å². The van der Waals surface area contributed by atoms with E-state index in [0.29, 0.717) is 5.13 Å². The standard InChI is InChI=1S/C21H16N4OS3/c1-12-19(14-5-2-3-6-15(14)22-12)16-11-29-21(24-16)25-18(26)9-13-10-28-20(23-13)17-7-4-8-27-17/h2-8,10-11,22H,9H2,1H3,(H,24,25,26). The Balaban J connectivity index is 1.31. The lowest BCUT2D eigenvalue weighted by Crippen LogP contribution is -2.14. The molecule has 0 aliphatic carbocycles. The summed E-state index contributed by atoms with van der Waals surface area (Å²) in [5, 5.41) is 11.5. The molecule has 0 atom stereocenters. The molecular formula is C21H16N4OS3. The van der Waals surface area contributed by atoms with E-state index in [4.69, 9.17) is 0 Å². The highest BCUT2D eigenvalue weighted by molar-refractivity contribution is 7.20. The number of nitrogens with zero attached hydrogens (tertiary/aromatic N) is 2. The summed E-state index contributed by atoms with van der Waals surface area (Å²) in [5.41, 5.74) is 4.88. The van der Waals surface area contributed by atoms with Crippen LogP contribution >= 0.6 is 34.0 Å². The molecule has 8 heteroatoms. The first-order chi connectivity index (χ1) is 14.2. The molecule has 0 spiro atoms. The zero-order valence-electron chi connectivity index (χ0n) is 15.4. The third-order valence-corrected chi connectivity index (χ3v) is 7.21. The Labute approximate surface area is 179 Å². The molecule has 1 aromatic carbocycles. The molecule has 5 rings (SSSR count). The second-order valence-electron chi connectivity index (χ2n) is 6.55. The number of para-hydroxylation sites is 1. The number of fused-ring (bicyclic) bond motifs is 1. The predicted molar refractivity (Wildman–Crippen MR) is 122 cm³/mol. The van der Waals surface area contributed by atoms with Gasteiger partial charge in [0.05, 0.1) is 22.7 Å². The van der Waals surface area contributed by atoms with Crippen molar-refractivity contribution in [3.63, 3.8) is 0 Å². The van der Waals surface area contributed by atoms with Crippen molar-refractivity contribution in [3.8, 4) is 21.1 Å². The Bertz CT molecular complexity index is 1300. The maximum atomic E-state index is 12.5. The number of aromatic nitrogens is 3. The molecule has 5 aromatic rings. The minimum absolute atomic E-state index is 0.107. The zero-order chi connectivity index (χ0) is 19.8. The fourth-order valence-corrected chi connectivity index (χ4v) is 5.63. The third-order valence-electron chi connectivity index (χ3n) is 4.53. The van der Waals surface area contributed by atoms with Crippen LogP contribution in [0.2, 0.25) is 0 Å². The van der Waals surface area contributed by atoms with Crippen LogP contribution in [0.5, 0.6) is 0 Å². The van der Waals surface area contributed by atoms with Gasteiger partial charge in [0.25, 0.3) is 0 Å². The molecule has 0 fully saturated rings. The highest BCUT2D eigenvalue weighted by atomic mass is 32.1. The van der Waals surface area contributed by atoms with Crippen LogP contribution in [0.1, 0.15) is 11.4 Å². The van der Waals surface area contributed by atoms with Crippen LogP contribution in [0.4, 0.5) is 5.13 Å². The number of thiazole rings is 2. The summed E-state index contributed by atoms with van der Waals surface area (Å²) in [6.45, 7) is 2.04. The number of anilines is 1. The number of amides is 1. The number of hydrogen-bond acceptors (Lipinski definition) is 6. The summed E-state index contributed by atoms with van der Waals surface area (Å²) in [5.74, 6) is -0.107. The van der Waals surface area contributed by atoms with Crippen molar-refractivity contribution in [1.29, 1.82) is 0 Å². The first-order valence-electron chi connectivity index (χ1n) is 8.99. The van der Waals surface area contributed by atoms with E-state index in [0.717, 1.165) is 43.4 Å². The van der Waals surface area contributed by atoms with E-state index < -0.39 is 0 Å². The first-order valence-corrected chi connectivity index (χ1v) is 11.6. The molecule has 0 unspecified atom stereocenters. The molecule has 0 bridgehead atoms. The Morgan fingerprint density at radius 2 is 1.97 bits per heavy atom. The maximum Gasteiger partial charge on any atom is 0.232 e. The van der Waals surface area contributed by atoms with Crippen molar-refractivity contribution < 1.29 is 4.79 Å². The highest BCUT2D eigenvalue weighted by Gasteiger charge is 2.15. The molecule has 0 saturated carbocycles. The number of nitrogens with one attached hydrogen (secondary N) is 2. The first kappa shape index (κ1) is 18.2. The Morgan fingerprint density at radius 3 is 2.83 bits per heavy atom. The van der Waals surface area contributed by atoms with Gasteiger partial charge in [0, 0.05) is 32.9 Å². The lowest BCUT2D eigenvalue weighted by atomic mass is 10.1. The summed E-state index contributed by atoms with van der Waals surface area (Å²) < 4.78 is 0. The molecule has 1 amide bonds. The van der Waals surface area contributed by atoms with Gasteiger partial charge in [0.2, 0.25) is 5.91 Å². The van der Waals surface area contributed by atoms with E-state index in [2.05, 4.69) is 32.4 Å². The van der Waals surface area contributed by atoms with Gasteiger partial charge in [-0.1, -0.05) is 24.3 Å². The van der Waals surface area contributed by atoms with E-state index in [1.54, 1.807) is 22.7 Å². The van der Waals surface area contributed by atoms with Crippen LogP contribution in [-0.4, -0.2) is 20.9 Å². The van der Waals surface area contributed by atoms with Gasteiger partial charge in [-0.2, -0.15) is 0 Å². The molecule has 0 aliphatic rings. The summed E-state index contributed by atoms with van der Waals surface area (Å²) in [6.07, 6.45) is 0.239. The molecule has 4 heterocycles. The molecular weight excluding hydrogens is 420 g/mol. The fraction of sp³-hybridized carbons (Fsp3) is 0.0952. The second kappa shape index (κ2) is 7.55. The van der Waals surface area contributed by atoms with Crippen LogP contribution in [0.25, 0.3) is 32.0 Å². The van der Waals surface area contributed by atoms with Crippen molar-refractivity contribution in [1.82, 2.24) is 15.0 Å². The van der Waals surface area contributed by atoms with Gasteiger partial charge >= 0.3 is 0 Å². The molecule has 0 aliphatic heterocycles. The molecule has 2 N–H and O–H groups in total. The van der Waals surface area contributed by atoms with E-state index >= 15 is 0 Å². The number of aryl methyl sites for hydroxylation is 1. The summed E-state index contributed by atoms with van der Waals surface area (Å²) >= 11 is 4.65. The summed E-state index contributed by atoms with van der Waals surface area (Å²) in [7, 11) is 0. The van der Waals surface area contributed by atoms with Crippen LogP contribution < -0.4 is 5.32 Å². The Hall–Kier alpha value is -2.81. The maximum absolute atomic E-state index is 12.5. The lowest BCUT2D eigenvalue weighted by molar-refractivity contribution is -0.115. The molecule has 29 heavy (non-hydrogen) atoms. The quantitative estimate of drug-likeness (QED) is 0.357. The van der Waals surface area contributed by atoms with E-state index in [1.807, 2.05) is 47.3 Å². The van der Waals surface area contributed by atoms with Crippen molar-refractivity contribution >= 4 is 56.0 Å². The van der Waals surface area contributed by atoms with Gasteiger partial charge in [-0.15, -0.1) is 34.0 Å². The third kappa shape index (κ3) is 3.62. The number of thiophene rings is 1. The highest BCUT2D eigenvalue weighted by Crippen LogP contribution is 2.34. The largest absolute Gasteiger partial charge is 0.358 e. The number of carbonyl (C=O) groups is 1. The van der Waals surface area contributed by atoms with E-state index in [9.17, 15) is 4.79 Å². The predicted octanol–water partition coefficient (Wildman–Crippen LogP) is 5.97. The molecule has 144 valence electrons. The van der Waals surface area contributed by atoms with Gasteiger partial charge in [-0.05, 0) is 24.4 Å². The van der Waals surface area contributed by atoms with Crippen LogP contribution in [0.3, 0.4) is 0 Å². The van der Waals surface area contributed by atoms with Crippen molar-refractivity contribution in [2.24, 2.45) is 0 Å². The van der Waals surface area contributed by atoms with Crippen LogP contribution in [-0.2, 0) is 11.2 Å². The number of benzene rings is 1. The minimum Gasteiger partial charge on any atom is -0.358 e. The Kier molecular flexibility index (Phi) is 4.75. The van der Waals surface area contributed by atoms with Crippen molar-refractivity contribution in [2.75, 3.05) is 5.32 Å². The number of H-pyrrole nitrogens is 1. The average molecular weight is 437 g/mol. The molecule has 0 radical (unpaired) electrons. The number of rotatable bonds is 5. The van der Waals surface area contributed by atoms with Crippen molar-refractivity contribution in [2.45, 2.75) is 13.3 Å². The van der Waals surface area contributed by atoms with E-state index in [1.165, 1.54) is 11.3 Å². The lowest BCUT2D eigenvalue weighted by Gasteiger charge is -2.00. The van der Waals surface area contributed by atoms with Crippen molar-refractivity contribution in [3.05, 3.63) is 63.9 Å². The van der Waals surface area contributed by atoms with Gasteiger partial charge in [0.1, 0.15) is 5.01 Å². The van der Waals surface area contributed by atoms with Gasteiger partial charge < -0.3 is 10.3 Å². The van der Waals surface area contributed by atoms with E-state index in [-0.39, 0.29) is 12.3 Å². The van der Waals surface area contributed by atoms with Crippen LogP contribution in [0.15, 0.2) is 52.5 Å². The SMILES string of the molecule is Cc1[nH]c2ccccc2c1-c1csc(NC(=O)Cc2csc(-c3cccs3)n2)n1. The molecule has 4 aromatic heterocycles. The Morgan fingerprint density at radius 1 is 1.07 bits per heavy atom. The van der Waals surface area contributed by atoms with Crippen LogP contribution in [0, 0.1) is 6.92 Å². The topological polar surface area (TPSA) is 70.7 Å².